The van der Waals surface area contributed by atoms with Gasteiger partial charge < -0.3 is 5.11 Å². The van der Waals surface area contributed by atoms with Gasteiger partial charge in [-0.3, -0.25) is 4.39 Å². The van der Waals surface area contributed by atoms with Gasteiger partial charge in [0.25, 0.3) is 0 Å². The number of halogens is 1. The molecule has 0 saturated carbocycles. The summed E-state index contributed by atoms with van der Waals surface area (Å²) in [5.74, 6) is -0.164. The Morgan fingerprint density at radius 3 is 2.59 bits per heavy atom. The number of rotatable bonds is 5. The highest BCUT2D eigenvalue weighted by Crippen LogP contribution is 2.24. The van der Waals surface area contributed by atoms with Crippen molar-refractivity contribution in [3.05, 3.63) is 17.1 Å². The van der Waals surface area contributed by atoms with Crippen LogP contribution in [0.4, 0.5) is 4.39 Å². The van der Waals surface area contributed by atoms with E-state index in [9.17, 15) is 9.18 Å². The average Bonchev–Trinajstić information content (AvgIpc) is 2.24. The molecule has 0 bridgehead atoms. The van der Waals surface area contributed by atoms with Crippen molar-refractivity contribution in [1.29, 1.82) is 0 Å². The van der Waals surface area contributed by atoms with Gasteiger partial charge >= 0.3 is 5.97 Å². The molecular weight excluding hydrogens is 243 g/mol. The normalized spacial score (nSPS) is 10.9. The number of carbonyl (C=O) groups is 1. The zero-order chi connectivity index (χ0) is 13.0. The Morgan fingerprint density at radius 1 is 1.47 bits per heavy atom. The number of hydrogen-bond acceptors (Lipinski definition) is 4. The fourth-order valence-corrected chi connectivity index (χ4v) is 2.12. The van der Waals surface area contributed by atoms with Crippen LogP contribution in [0.3, 0.4) is 0 Å². The third kappa shape index (κ3) is 3.39. The molecule has 1 rings (SSSR count). The van der Waals surface area contributed by atoms with Gasteiger partial charge in [-0.1, -0.05) is 13.8 Å². The lowest BCUT2D eigenvalue weighted by molar-refractivity contribution is 0.0690. The first-order chi connectivity index (χ1) is 7.97. The van der Waals surface area contributed by atoms with Crippen LogP contribution < -0.4 is 0 Å². The van der Waals surface area contributed by atoms with Gasteiger partial charge in [-0.15, -0.1) is 11.8 Å². The minimum atomic E-state index is -1.07. The quantitative estimate of drug-likeness (QED) is 0.650. The number of nitrogens with zero attached hydrogens (tertiary/aromatic N) is 2. The van der Waals surface area contributed by atoms with Gasteiger partial charge in [-0.25, -0.2) is 14.8 Å². The zero-order valence-electron chi connectivity index (χ0n) is 10.0. The molecule has 0 aliphatic rings. The molecule has 1 aromatic heterocycles. The van der Waals surface area contributed by atoms with Crippen LogP contribution in [0.25, 0.3) is 0 Å². The highest BCUT2D eigenvalue weighted by molar-refractivity contribution is 7.99. The van der Waals surface area contributed by atoms with E-state index >= 15 is 0 Å². The Balaban J connectivity index is 3.23. The van der Waals surface area contributed by atoms with Crippen LogP contribution in [0.5, 0.6) is 0 Å². The molecular formula is C11H15FN2O2S. The Morgan fingerprint density at radius 2 is 2.12 bits per heavy atom. The second-order valence-electron chi connectivity index (χ2n) is 3.84. The van der Waals surface area contributed by atoms with Gasteiger partial charge in [0.15, 0.2) is 0 Å². The summed E-state index contributed by atoms with van der Waals surface area (Å²) in [5.41, 5.74) is 0.505. The highest BCUT2D eigenvalue weighted by atomic mass is 32.2. The van der Waals surface area contributed by atoms with Gasteiger partial charge in [0.2, 0.25) is 0 Å². The number of carboxylic acid groups (broad SMARTS) is 1. The Bertz CT molecular complexity index is 424. The largest absolute Gasteiger partial charge is 0.478 e. The summed E-state index contributed by atoms with van der Waals surface area (Å²) >= 11 is 1.11. The molecule has 0 aliphatic heterocycles. The van der Waals surface area contributed by atoms with E-state index in [2.05, 4.69) is 9.97 Å². The lowest BCUT2D eigenvalue weighted by Gasteiger charge is -2.11. The summed E-state index contributed by atoms with van der Waals surface area (Å²) in [5, 5.41) is 9.44. The first kappa shape index (κ1) is 13.9. The molecule has 17 heavy (non-hydrogen) atoms. The molecule has 0 radical (unpaired) electrons. The predicted molar refractivity (Wildman–Crippen MR) is 64.5 cm³/mol. The van der Waals surface area contributed by atoms with E-state index in [1.54, 1.807) is 6.92 Å². The molecule has 0 saturated heterocycles. The fraction of sp³-hybridized carbons (Fsp3) is 0.545. The molecule has 1 heterocycles. The molecule has 6 heteroatoms. The maximum Gasteiger partial charge on any atom is 0.340 e. The van der Waals surface area contributed by atoms with E-state index in [0.29, 0.717) is 16.5 Å². The Labute approximate surface area is 104 Å². The van der Waals surface area contributed by atoms with Gasteiger partial charge in [-0.05, 0) is 6.92 Å². The standard InChI is InChI=1S/C11H15FN2O2S/c1-6(2)9-13-7(3)8(11(15)16)10(14-9)17-5-4-12/h6H,4-5H2,1-3H3,(H,15,16). The molecule has 0 unspecified atom stereocenters. The van der Waals surface area contributed by atoms with Gasteiger partial charge in [0.05, 0.1) is 12.4 Å². The SMILES string of the molecule is Cc1nc(C(C)C)nc(SCCF)c1C(=O)O. The van der Waals surface area contributed by atoms with E-state index in [0.717, 1.165) is 11.8 Å². The van der Waals surface area contributed by atoms with E-state index in [1.807, 2.05) is 13.8 Å². The molecule has 94 valence electrons. The second kappa shape index (κ2) is 5.95. The van der Waals surface area contributed by atoms with E-state index in [-0.39, 0.29) is 17.2 Å². The molecule has 0 aliphatic carbocycles. The van der Waals surface area contributed by atoms with Crippen molar-refractivity contribution in [3.63, 3.8) is 0 Å². The van der Waals surface area contributed by atoms with Crippen LogP contribution in [0.15, 0.2) is 5.03 Å². The number of aryl methyl sites for hydroxylation is 1. The zero-order valence-corrected chi connectivity index (χ0v) is 10.8. The highest BCUT2D eigenvalue weighted by Gasteiger charge is 2.19. The lowest BCUT2D eigenvalue weighted by atomic mass is 10.2. The Kier molecular flexibility index (Phi) is 4.86. The van der Waals surface area contributed by atoms with E-state index in [1.165, 1.54) is 0 Å². The molecule has 1 N–H and O–H groups in total. The smallest absolute Gasteiger partial charge is 0.340 e. The van der Waals surface area contributed by atoms with Crippen LogP contribution in [-0.2, 0) is 0 Å². The van der Waals surface area contributed by atoms with Crippen LogP contribution in [0.1, 0.15) is 41.6 Å². The predicted octanol–water partition coefficient (Wildman–Crippen LogP) is 2.67. The number of aromatic nitrogens is 2. The van der Waals surface area contributed by atoms with E-state index in [4.69, 9.17) is 5.11 Å². The summed E-state index contributed by atoms with van der Waals surface area (Å²) < 4.78 is 12.2. The lowest BCUT2D eigenvalue weighted by Crippen LogP contribution is -2.10. The first-order valence-corrected chi connectivity index (χ1v) is 6.26. The summed E-state index contributed by atoms with van der Waals surface area (Å²) in [6.45, 7) is 4.98. The number of alkyl halides is 1. The number of thioether (sulfide) groups is 1. The van der Waals surface area contributed by atoms with Gasteiger partial charge in [0, 0.05) is 11.7 Å². The van der Waals surface area contributed by atoms with Crippen molar-refractivity contribution in [1.82, 2.24) is 9.97 Å². The maximum atomic E-state index is 12.2. The summed E-state index contributed by atoms with van der Waals surface area (Å²) in [6.07, 6.45) is 0. The minimum Gasteiger partial charge on any atom is -0.478 e. The number of aromatic carboxylic acids is 1. The molecule has 0 fully saturated rings. The summed E-state index contributed by atoms with van der Waals surface area (Å²) in [6, 6.07) is 0. The average molecular weight is 258 g/mol. The number of hydrogen-bond donors (Lipinski definition) is 1. The minimum absolute atomic E-state index is 0.0767. The van der Waals surface area contributed by atoms with Gasteiger partial charge in [0.1, 0.15) is 16.4 Å². The topological polar surface area (TPSA) is 63.1 Å². The molecule has 1 aromatic rings. The van der Waals surface area contributed by atoms with Crippen LogP contribution in [-0.4, -0.2) is 33.5 Å². The maximum absolute atomic E-state index is 12.2. The van der Waals surface area contributed by atoms with Crippen molar-refractivity contribution in [2.24, 2.45) is 0 Å². The summed E-state index contributed by atoms with van der Waals surface area (Å²) in [7, 11) is 0. The van der Waals surface area contributed by atoms with Crippen molar-refractivity contribution in [2.75, 3.05) is 12.4 Å². The van der Waals surface area contributed by atoms with Crippen molar-refractivity contribution in [2.45, 2.75) is 31.7 Å². The molecule has 0 amide bonds. The molecule has 0 atom stereocenters. The second-order valence-corrected chi connectivity index (χ2v) is 4.93. The third-order valence-electron chi connectivity index (χ3n) is 2.12. The van der Waals surface area contributed by atoms with Crippen molar-refractivity contribution >= 4 is 17.7 Å². The third-order valence-corrected chi connectivity index (χ3v) is 3.05. The monoisotopic (exact) mass is 258 g/mol. The van der Waals surface area contributed by atoms with Crippen LogP contribution in [0.2, 0.25) is 0 Å². The van der Waals surface area contributed by atoms with Gasteiger partial charge in [-0.2, -0.15) is 0 Å². The molecule has 0 aromatic carbocycles. The Hall–Kier alpha value is -1.17. The van der Waals surface area contributed by atoms with E-state index < -0.39 is 12.6 Å². The van der Waals surface area contributed by atoms with Crippen molar-refractivity contribution < 1.29 is 14.3 Å². The molecule has 4 nitrogen and oxygen atoms in total. The summed E-state index contributed by atoms with van der Waals surface area (Å²) in [4.78, 5) is 19.5. The molecule has 0 spiro atoms. The van der Waals surface area contributed by atoms with Crippen molar-refractivity contribution in [3.8, 4) is 0 Å². The van der Waals surface area contributed by atoms with Crippen LogP contribution >= 0.6 is 11.8 Å². The first-order valence-electron chi connectivity index (χ1n) is 5.28. The number of carboxylic acids is 1. The fourth-order valence-electron chi connectivity index (χ4n) is 1.31. The van der Waals surface area contributed by atoms with Crippen LogP contribution in [0, 0.1) is 6.92 Å².